The summed E-state index contributed by atoms with van der Waals surface area (Å²) in [6.45, 7) is -0.282. The van der Waals surface area contributed by atoms with E-state index >= 15 is 0 Å². The average molecular weight is 252 g/mol. The summed E-state index contributed by atoms with van der Waals surface area (Å²) in [5.74, 6) is -1.08. The molecule has 17 heavy (non-hydrogen) atoms. The van der Waals surface area contributed by atoms with Crippen molar-refractivity contribution in [2.75, 3.05) is 5.73 Å². The van der Waals surface area contributed by atoms with Crippen molar-refractivity contribution in [3.63, 3.8) is 0 Å². The number of nitrogens with zero attached hydrogens (tertiary/aromatic N) is 2. The molecule has 4 N–H and O–H groups in total. The third-order valence-electron chi connectivity index (χ3n) is 1.67. The van der Waals surface area contributed by atoms with E-state index < -0.39 is 28.5 Å². The van der Waals surface area contributed by atoms with Gasteiger partial charge in [0.1, 0.15) is 0 Å². The van der Waals surface area contributed by atoms with Crippen LogP contribution < -0.4 is 16.2 Å². The maximum absolute atomic E-state index is 12.0. The third-order valence-corrected chi connectivity index (χ3v) is 1.67. The molecule has 0 saturated carbocycles. The van der Waals surface area contributed by atoms with Crippen molar-refractivity contribution in [2.45, 2.75) is 12.9 Å². The molecule has 0 fully saturated rings. The fraction of sp³-hybridized carbons (Fsp3) is 0.286. The minimum atomic E-state index is -5.04. The Balaban J connectivity index is 3.29. The molecule has 7 nitrogen and oxygen atoms in total. The standard InChI is InChI=1S/C7H7F3N4O3/c8-7(9,10)17-6-5(12)4(14(15)16)1-3(2-11)13-6/h1H,2,11-12H2. The second kappa shape index (κ2) is 4.41. The maximum atomic E-state index is 12.0. The number of nitrogen functional groups attached to an aromatic ring is 1. The molecular weight excluding hydrogens is 245 g/mol. The van der Waals surface area contributed by atoms with E-state index in [9.17, 15) is 23.3 Å². The molecule has 1 heterocycles. The van der Waals surface area contributed by atoms with E-state index in [4.69, 9.17) is 11.5 Å². The molecule has 1 aromatic rings. The van der Waals surface area contributed by atoms with Gasteiger partial charge in [0, 0.05) is 12.6 Å². The van der Waals surface area contributed by atoms with Crippen LogP contribution in [-0.4, -0.2) is 16.3 Å². The number of hydrogen-bond acceptors (Lipinski definition) is 6. The van der Waals surface area contributed by atoms with Gasteiger partial charge in [-0.15, -0.1) is 13.2 Å². The van der Waals surface area contributed by atoms with Gasteiger partial charge in [-0.05, 0) is 0 Å². The molecule has 0 amide bonds. The molecule has 10 heteroatoms. The van der Waals surface area contributed by atoms with E-state index in [0.29, 0.717) is 0 Å². The number of hydrogen-bond donors (Lipinski definition) is 2. The van der Waals surface area contributed by atoms with Crippen molar-refractivity contribution in [1.29, 1.82) is 0 Å². The summed E-state index contributed by atoms with van der Waals surface area (Å²) in [4.78, 5) is 12.9. The number of pyridine rings is 1. The number of nitrogens with two attached hydrogens (primary N) is 2. The highest BCUT2D eigenvalue weighted by atomic mass is 19.4. The predicted molar refractivity (Wildman–Crippen MR) is 49.9 cm³/mol. The van der Waals surface area contributed by atoms with Crippen molar-refractivity contribution >= 4 is 11.4 Å². The van der Waals surface area contributed by atoms with Crippen LogP contribution >= 0.6 is 0 Å². The van der Waals surface area contributed by atoms with Crippen molar-refractivity contribution < 1.29 is 22.8 Å². The van der Waals surface area contributed by atoms with Gasteiger partial charge in [-0.3, -0.25) is 10.1 Å². The zero-order chi connectivity index (χ0) is 13.2. The number of alkyl halides is 3. The van der Waals surface area contributed by atoms with Crippen LogP contribution in [0.5, 0.6) is 5.88 Å². The first-order valence-corrected chi connectivity index (χ1v) is 4.14. The van der Waals surface area contributed by atoms with Gasteiger partial charge in [-0.2, -0.15) is 0 Å². The molecule has 0 atom stereocenters. The van der Waals surface area contributed by atoms with Gasteiger partial charge >= 0.3 is 6.36 Å². The van der Waals surface area contributed by atoms with Crippen LogP contribution in [0.1, 0.15) is 5.69 Å². The Hall–Kier alpha value is -2.10. The Kier molecular flexibility index (Phi) is 3.36. The topological polar surface area (TPSA) is 117 Å². The minimum absolute atomic E-state index is 0.134. The molecule has 94 valence electrons. The summed E-state index contributed by atoms with van der Waals surface area (Å²) in [6, 6.07) is 0.887. The van der Waals surface area contributed by atoms with Crippen molar-refractivity contribution in [3.8, 4) is 5.88 Å². The van der Waals surface area contributed by atoms with Gasteiger partial charge in [0.05, 0.1) is 10.6 Å². The zero-order valence-corrected chi connectivity index (χ0v) is 8.19. The van der Waals surface area contributed by atoms with E-state index in [1.807, 2.05) is 0 Å². The van der Waals surface area contributed by atoms with E-state index in [1.165, 1.54) is 0 Å². The number of aromatic nitrogens is 1. The van der Waals surface area contributed by atoms with Crippen LogP contribution in [0.3, 0.4) is 0 Å². The number of rotatable bonds is 3. The zero-order valence-electron chi connectivity index (χ0n) is 8.19. The molecule has 0 aliphatic carbocycles. The molecule has 0 bridgehead atoms. The summed E-state index contributed by atoms with van der Waals surface area (Å²) in [5.41, 5.74) is 8.61. The van der Waals surface area contributed by atoms with Crippen LogP contribution in [0.4, 0.5) is 24.5 Å². The monoisotopic (exact) mass is 252 g/mol. The maximum Gasteiger partial charge on any atom is 0.574 e. The van der Waals surface area contributed by atoms with Gasteiger partial charge in [-0.25, -0.2) is 4.98 Å². The van der Waals surface area contributed by atoms with Gasteiger partial charge in [0.2, 0.25) is 0 Å². The van der Waals surface area contributed by atoms with Crippen molar-refractivity contribution in [2.24, 2.45) is 5.73 Å². The third kappa shape index (κ3) is 3.17. The summed E-state index contributed by atoms with van der Waals surface area (Å²) >= 11 is 0. The Morgan fingerprint density at radius 1 is 1.53 bits per heavy atom. The molecule has 0 saturated heterocycles. The largest absolute Gasteiger partial charge is 0.574 e. The Bertz CT molecular complexity index is 449. The predicted octanol–water partition coefficient (Wildman–Crippen LogP) is 0.929. The molecule has 0 aliphatic rings. The number of anilines is 1. The first-order valence-electron chi connectivity index (χ1n) is 4.14. The summed E-state index contributed by atoms with van der Waals surface area (Å²) in [6.07, 6.45) is -5.04. The summed E-state index contributed by atoms with van der Waals surface area (Å²) in [5, 5.41) is 10.5. The van der Waals surface area contributed by atoms with Gasteiger partial charge in [0.25, 0.3) is 11.6 Å². The fourth-order valence-electron chi connectivity index (χ4n) is 1.01. The SMILES string of the molecule is NCc1cc([N+](=O)[O-])c(N)c(OC(F)(F)F)n1. The fourth-order valence-corrected chi connectivity index (χ4v) is 1.01. The normalized spacial score (nSPS) is 11.3. The van der Waals surface area contributed by atoms with E-state index in [0.717, 1.165) is 6.07 Å². The van der Waals surface area contributed by atoms with Gasteiger partial charge < -0.3 is 16.2 Å². The molecule has 0 spiro atoms. The first kappa shape index (κ1) is 13.0. The highest BCUT2D eigenvalue weighted by molar-refractivity contribution is 5.64. The summed E-state index contributed by atoms with van der Waals surface area (Å²) in [7, 11) is 0. The lowest BCUT2D eigenvalue weighted by Gasteiger charge is -2.11. The molecule has 0 aliphatic heterocycles. The first-order chi connectivity index (χ1) is 7.74. The number of halogens is 3. The molecular formula is C7H7F3N4O3. The number of nitro groups is 1. The van der Waals surface area contributed by atoms with E-state index in [2.05, 4.69) is 9.72 Å². The lowest BCUT2D eigenvalue weighted by atomic mass is 10.3. The van der Waals surface area contributed by atoms with Crippen molar-refractivity contribution in [3.05, 3.63) is 21.9 Å². The molecule has 0 aromatic carbocycles. The van der Waals surface area contributed by atoms with Crippen LogP contribution in [0.2, 0.25) is 0 Å². The Morgan fingerprint density at radius 3 is 2.53 bits per heavy atom. The van der Waals surface area contributed by atoms with Gasteiger partial charge in [-0.1, -0.05) is 0 Å². The summed E-state index contributed by atoms with van der Waals surface area (Å²) < 4.78 is 39.4. The molecule has 0 radical (unpaired) electrons. The lowest BCUT2D eigenvalue weighted by Crippen LogP contribution is -2.20. The second-order valence-corrected chi connectivity index (χ2v) is 2.86. The lowest BCUT2D eigenvalue weighted by molar-refractivity contribution is -0.384. The van der Waals surface area contributed by atoms with Crippen LogP contribution in [0.25, 0.3) is 0 Å². The molecule has 0 unspecified atom stereocenters. The molecule has 1 aromatic heterocycles. The molecule has 1 rings (SSSR count). The minimum Gasteiger partial charge on any atom is -0.389 e. The number of ether oxygens (including phenoxy) is 1. The van der Waals surface area contributed by atoms with Gasteiger partial charge in [0.15, 0.2) is 5.69 Å². The Labute approximate surface area is 92.3 Å². The smallest absolute Gasteiger partial charge is 0.389 e. The van der Waals surface area contributed by atoms with Crippen LogP contribution in [0.15, 0.2) is 6.07 Å². The average Bonchev–Trinajstić information content (AvgIpc) is 2.18. The van der Waals surface area contributed by atoms with E-state index in [1.54, 1.807) is 0 Å². The van der Waals surface area contributed by atoms with Crippen LogP contribution in [-0.2, 0) is 6.54 Å². The second-order valence-electron chi connectivity index (χ2n) is 2.86. The quantitative estimate of drug-likeness (QED) is 0.610. The highest BCUT2D eigenvalue weighted by Crippen LogP contribution is 2.33. The van der Waals surface area contributed by atoms with E-state index in [-0.39, 0.29) is 12.2 Å². The Morgan fingerprint density at radius 2 is 2.12 bits per heavy atom. The van der Waals surface area contributed by atoms with Crippen molar-refractivity contribution in [1.82, 2.24) is 4.98 Å². The highest BCUT2D eigenvalue weighted by Gasteiger charge is 2.34. The van der Waals surface area contributed by atoms with Crippen LogP contribution in [0, 0.1) is 10.1 Å².